The molecule has 0 fully saturated rings. The van der Waals surface area contributed by atoms with Gasteiger partial charge in [0.05, 0.1) is 0 Å². The van der Waals surface area contributed by atoms with E-state index >= 15 is 0 Å². The van der Waals surface area contributed by atoms with E-state index in [1.807, 2.05) is 0 Å². The molecule has 0 atom stereocenters. The highest BCUT2D eigenvalue weighted by atomic mass is 32.1. The number of nitrogen functional groups attached to an aromatic ring is 1. The van der Waals surface area contributed by atoms with E-state index in [1.165, 1.54) is 6.33 Å². The Morgan fingerprint density at radius 2 is 1.93 bits per heavy atom. The van der Waals surface area contributed by atoms with Crippen molar-refractivity contribution in [3.8, 4) is 0 Å². The van der Waals surface area contributed by atoms with Gasteiger partial charge in [0.25, 0.3) is 0 Å². The molecule has 0 aliphatic carbocycles. The first-order valence-corrected chi connectivity index (χ1v) is 4.20. The number of hydrogen-bond donors (Lipinski definition) is 2. The van der Waals surface area contributed by atoms with Gasteiger partial charge in [-0.1, -0.05) is 0 Å². The number of anilines is 1. The van der Waals surface area contributed by atoms with Crippen LogP contribution in [-0.4, -0.2) is 19.9 Å². The zero-order valence-electron chi connectivity index (χ0n) is 7.29. The highest BCUT2D eigenvalue weighted by Crippen LogP contribution is 1.89. The predicted octanol–water partition coefficient (Wildman–Crippen LogP) is 1.20. The number of aromatic nitrogens is 4. The Kier molecular flexibility index (Phi) is 4.22. The molecule has 0 aromatic carbocycles. The minimum atomic E-state index is 0.421. The molecule has 0 aliphatic rings. The smallest absolute Gasteiger partial charge is 0.198 e. The van der Waals surface area contributed by atoms with Crippen molar-refractivity contribution in [2.45, 2.75) is 0 Å². The number of rotatable bonds is 0. The van der Waals surface area contributed by atoms with Gasteiger partial charge < -0.3 is 10.7 Å². The summed E-state index contributed by atoms with van der Waals surface area (Å²) in [5, 5.41) is 0. The lowest BCUT2D eigenvalue weighted by molar-refractivity contribution is 1.14. The first kappa shape index (κ1) is 10.3. The molecule has 72 valence electrons. The van der Waals surface area contributed by atoms with E-state index in [-0.39, 0.29) is 0 Å². The van der Waals surface area contributed by atoms with E-state index in [0.717, 1.165) is 0 Å². The molecule has 0 radical (unpaired) electrons. The first-order valence-electron chi connectivity index (χ1n) is 3.80. The predicted molar refractivity (Wildman–Crippen MR) is 55.9 cm³/mol. The summed E-state index contributed by atoms with van der Waals surface area (Å²) in [5.74, 6) is 0.546. The maximum atomic E-state index is 5.30. The van der Waals surface area contributed by atoms with Gasteiger partial charge in [0.2, 0.25) is 0 Å². The van der Waals surface area contributed by atoms with E-state index in [9.17, 15) is 0 Å². The minimum Gasteiger partial charge on any atom is -0.385 e. The summed E-state index contributed by atoms with van der Waals surface area (Å²) in [6.07, 6.45) is 6.44. The third-order valence-electron chi connectivity index (χ3n) is 1.17. The standard InChI is InChI=1S/C4H5N3S.C4H4N2/c5-3-1-2-6-4(8)7-3;1-2-5-4-6-3-1/h1-2H,(H3,5,6,7,8);1-4H. The molecule has 14 heavy (non-hydrogen) atoms. The molecule has 2 aromatic heterocycles. The average Bonchev–Trinajstić information content (AvgIpc) is 2.21. The largest absolute Gasteiger partial charge is 0.385 e. The molecule has 0 amide bonds. The van der Waals surface area contributed by atoms with Crippen LogP contribution in [-0.2, 0) is 0 Å². The van der Waals surface area contributed by atoms with E-state index in [4.69, 9.17) is 5.73 Å². The molecule has 2 heterocycles. The van der Waals surface area contributed by atoms with Crippen LogP contribution in [0.1, 0.15) is 0 Å². The van der Waals surface area contributed by atoms with Gasteiger partial charge in [0.1, 0.15) is 12.1 Å². The zero-order valence-corrected chi connectivity index (χ0v) is 8.11. The van der Waals surface area contributed by atoms with Gasteiger partial charge in [-0.05, 0) is 24.4 Å². The summed E-state index contributed by atoms with van der Waals surface area (Å²) in [6, 6.07) is 3.43. The summed E-state index contributed by atoms with van der Waals surface area (Å²) in [5.41, 5.74) is 5.30. The third kappa shape index (κ3) is 4.27. The first-order chi connectivity index (χ1) is 6.79. The van der Waals surface area contributed by atoms with Crippen LogP contribution in [0.4, 0.5) is 5.82 Å². The topological polar surface area (TPSA) is 80.5 Å². The second-order valence-electron chi connectivity index (χ2n) is 2.23. The molecule has 5 nitrogen and oxygen atoms in total. The molecule has 0 bridgehead atoms. The number of hydrogen-bond acceptors (Lipinski definition) is 5. The number of nitrogens with two attached hydrogens (primary N) is 1. The Labute approximate surface area is 86.1 Å². The monoisotopic (exact) mass is 207 g/mol. The minimum absolute atomic E-state index is 0.421. The highest BCUT2D eigenvalue weighted by molar-refractivity contribution is 7.71. The van der Waals surface area contributed by atoms with E-state index in [2.05, 4.69) is 32.2 Å². The Morgan fingerprint density at radius 1 is 1.21 bits per heavy atom. The Morgan fingerprint density at radius 3 is 2.21 bits per heavy atom. The Balaban J connectivity index is 0.000000146. The van der Waals surface area contributed by atoms with Crippen molar-refractivity contribution in [3.05, 3.63) is 41.8 Å². The molecule has 0 saturated heterocycles. The molecule has 0 aliphatic heterocycles. The fraction of sp³-hybridized carbons (Fsp3) is 0. The van der Waals surface area contributed by atoms with E-state index in [0.29, 0.717) is 10.6 Å². The molecule has 2 aromatic rings. The average molecular weight is 207 g/mol. The fourth-order valence-electron chi connectivity index (χ4n) is 0.636. The summed E-state index contributed by atoms with van der Waals surface area (Å²) >= 11 is 4.65. The quantitative estimate of drug-likeness (QED) is 0.634. The molecule has 0 unspecified atom stereocenters. The SMILES string of the molecule is Nc1ccnc(=S)[nH]1.c1cncnc1. The van der Waals surface area contributed by atoms with Crippen molar-refractivity contribution in [1.82, 2.24) is 19.9 Å². The summed E-state index contributed by atoms with van der Waals surface area (Å²) < 4.78 is 0.421. The Bertz CT molecular complexity index is 387. The van der Waals surface area contributed by atoms with Crippen LogP contribution in [0.5, 0.6) is 0 Å². The maximum Gasteiger partial charge on any atom is 0.198 e. The van der Waals surface area contributed by atoms with Crippen molar-refractivity contribution >= 4 is 18.0 Å². The molecular weight excluding hydrogens is 198 g/mol. The normalized spacial score (nSPS) is 8.57. The second-order valence-corrected chi connectivity index (χ2v) is 2.62. The summed E-state index contributed by atoms with van der Waals surface area (Å²) in [7, 11) is 0. The lowest BCUT2D eigenvalue weighted by Crippen LogP contribution is -1.89. The van der Waals surface area contributed by atoms with Gasteiger partial charge in [-0.15, -0.1) is 0 Å². The van der Waals surface area contributed by atoms with E-state index in [1.54, 1.807) is 30.7 Å². The molecule has 2 rings (SSSR count). The number of nitrogens with zero attached hydrogens (tertiary/aromatic N) is 3. The second kappa shape index (κ2) is 5.76. The number of nitrogens with one attached hydrogen (secondary N) is 1. The van der Waals surface area contributed by atoms with Crippen molar-refractivity contribution in [2.24, 2.45) is 0 Å². The van der Waals surface area contributed by atoms with Crippen LogP contribution in [0, 0.1) is 4.77 Å². The number of aromatic amines is 1. The highest BCUT2D eigenvalue weighted by Gasteiger charge is 1.77. The third-order valence-corrected chi connectivity index (χ3v) is 1.38. The van der Waals surface area contributed by atoms with Crippen molar-refractivity contribution in [2.75, 3.05) is 5.73 Å². The lowest BCUT2D eigenvalue weighted by atomic mass is 10.6. The van der Waals surface area contributed by atoms with Crippen LogP contribution in [0.15, 0.2) is 37.1 Å². The van der Waals surface area contributed by atoms with E-state index < -0.39 is 0 Å². The van der Waals surface area contributed by atoms with Gasteiger partial charge in [-0.3, -0.25) is 0 Å². The van der Waals surface area contributed by atoms with Crippen molar-refractivity contribution in [3.63, 3.8) is 0 Å². The van der Waals surface area contributed by atoms with Gasteiger partial charge in [-0.2, -0.15) is 0 Å². The Hall–Kier alpha value is -1.82. The van der Waals surface area contributed by atoms with Crippen LogP contribution in [0.25, 0.3) is 0 Å². The molecule has 0 spiro atoms. The van der Waals surface area contributed by atoms with Crippen LogP contribution < -0.4 is 5.73 Å². The fourth-order valence-corrected chi connectivity index (χ4v) is 0.815. The van der Waals surface area contributed by atoms with Gasteiger partial charge in [-0.25, -0.2) is 15.0 Å². The number of H-pyrrole nitrogens is 1. The van der Waals surface area contributed by atoms with Gasteiger partial charge in [0, 0.05) is 18.6 Å². The van der Waals surface area contributed by atoms with Crippen molar-refractivity contribution < 1.29 is 0 Å². The molecule has 6 heteroatoms. The summed E-state index contributed by atoms with van der Waals surface area (Å²) in [4.78, 5) is 13.7. The molecule has 3 N–H and O–H groups in total. The van der Waals surface area contributed by atoms with Crippen LogP contribution in [0.2, 0.25) is 0 Å². The van der Waals surface area contributed by atoms with Gasteiger partial charge >= 0.3 is 0 Å². The summed E-state index contributed by atoms with van der Waals surface area (Å²) in [6.45, 7) is 0. The molecular formula is C8H9N5S. The maximum absolute atomic E-state index is 5.30. The lowest BCUT2D eigenvalue weighted by Gasteiger charge is -1.86. The van der Waals surface area contributed by atoms with Gasteiger partial charge in [0.15, 0.2) is 4.77 Å². The van der Waals surface area contributed by atoms with Crippen LogP contribution in [0.3, 0.4) is 0 Å². The van der Waals surface area contributed by atoms with Crippen LogP contribution >= 0.6 is 12.2 Å². The molecule has 0 saturated carbocycles. The van der Waals surface area contributed by atoms with Crippen molar-refractivity contribution in [1.29, 1.82) is 0 Å². The zero-order chi connectivity index (χ0) is 10.2.